The predicted molar refractivity (Wildman–Crippen MR) is 143 cm³/mol. The Balaban J connectivity index is 1.21. The zero-order chi connectivity index (χ0) is 23.8. The van der Waals surface area contributed by atoms with Gasteiger partial charge in [-0.2, -0.15) is 5.10 Å². The van der Waals surface area contributed by atoms with Crippen molar-refractivity contribution in [1.29, 1.82) is 0 Å². The molecule has 1 N–H and O–H groups in total. The van der Waals surface area contributed by atoms with Gasteiger partial charge in [0.25, 0.3) is 0 Å². The molecule has 10 heteroatoms. The summed E-state index contributed by atoms with van der Waals surface area (Å²) in [6.45, 7) is 7.59. The van der Waals surface area contributed by atoms with Gasteiger partial charge in [-0.15, -0.1) is 11.3 Å². The van der Waals surface area contributed by atoms with E-state index in [0.717, 1.165) is 77.0 Å². The molecule has 5 heterocycles. The molecule has 35 heavy (non-hydrogen) atoms. The quantitative estimate of drug-likeness (QED) is 0.330. The predicted octanol–water partition coefficient (Wildman–Crippen LogP) is 4.72. The first-order valence-corrected chi connectivity index (χ1v) is 13.3. The Morgan fingerprint density at radius 1 is 1.06 bits per heavy atom. The Morgan fingerprint density at radius 2 is 1.89 bits per heavy atom. The van der Waals surface area contributed by atoms with Gasteiger partial charge in [-0.25, -0.2) is 15.0 Å². The van der Waals surface area contributed by atoms with Crippen LogP contribution < -0.4 is 4.90 Å². The van der Waals surface area contributed by atoms with Crippen LogP contribution in [-0.2, 0) is 13.1 Å². The molecule has 4 aromatic heterocycles. The van der Waals surface area contributed by atoms with Crippen LogP contribution in [0.1, 0.15) is 16.3 Å². The van der Waals surface area contributed by atoms with E-state index >= 15 is 0 Å². The maximum atomic E-state index is 4.81. The van der Waals surface area contributed by atoms with Gasteiger partial charge in [0.1, 0.15) is 11.3 Å². The molecule has 6 rings (SSSR count). The molecular weight excluding hydrogens is 524 g/mol. The van der Waals surface area contributed by atoms with E-state index in [1.807, 2.05) is 23.1 Å². The summed E-state index contributed by atoms with van der Waals surface area (Å²) in [6.07, 6.45) is 5.63. The zero-order valence-electron chi connectivity index (χ0n) is 19.4. The summed E-state index contributed by atoms with van der Waals surface area (Å²) in [4.78, 5) is 22.5. The maximum absolute atomic E-state index is 4.81. The van der Waals surface area contributed by atoms with Crippen LogP contribution in [0, 0.1) is 6.92 Å². The van der Waals surface area contributed by atoms with Gasteiger partial charge >= 0.3 is 0 Å². The van der Waals surface area contributed by atoms with Gasteiger partial charge in [-0.05, 0) is 34.5 Å². The van der Waals surface area contributed by atoms with E-state index in [2.05, 4.69) is 82.3 Å². The second-order valence-electron chi connectivity index (χ2n) is 8.76. The minimum Gasteiger partial charge on any atom is -0.366 e. The standard InChI is InChI=1S/C25H25BrN8S/c1-17-29-20(16-35-17)15-32-9-11-33(12-10-32)23-21(26)13-27-25-22(23)30-24(31-25)19-5-3-18(4-6-19)14-34-8-2-7-28-34/h2-8,13,16H,9-12,14-15H2,1H3,(H,27,30,31). The van der Waals surface area contributed by atoms with Crippen molar-refractivity contribution in [2.45, 2.75) is 20.0 Å². The summed E-state index contributed by atoms with van der Waals surface area (Å²) in [6, 6.07) is 10.4. The minimum atomic E-state index is 0.735. The number of nitrogens with one attached hydrogen (secondary N) is 1. The molecule has 1 aromatic carbocycles. The Morgan fingerprint density at radius 3 is 2.60 bits per heavy atom. The number of benzene rings is 1. The number of thiazole rings is 1. The van der Waals surface area contributed by atoms with E-state index in [9.17, 15) is 0 Å². The lowest BCUT2D eigenvalue weighted by Gasteiger charge is -2.36. The SMILES string of the molecule is Cc1nc(CN2CCN(c3c(Br)cnc4nc(-c5ccc(Cn6cccn6)cc5)[nH]c34)CC2)cs1. The Labute approximate surface area is 215 Å². The van der Waals surface area contributed by atoms with Crippen LogP contribution in [0.5, 0.6) is 0 Å². The molecule has 0 aliphatic carbocycles. The summed E-state index contributed by atoms with van der Waals surface area (Å²) >= 11 is 5.46. The number of halogens is 1. The highest BCUT2D eigenvalue weighted by molar-refractivity contribution is 9.10. The Kier molecular flexibility index (Phi) is 6.09. The van der Waals surface area contributed by atoms with Crippen molar-refractivity contribution in [3.63, 3.8) is 0 Å². The van der Waals surface area contributed by atoms with Crippen LogP contribution in [0.25, 0.3) is 22.6 Å². The zero-order valence-corrected chi connectivity index (χ0v) is 21.8. The number of piperazine rings is 1. The van der Waals surface area contributed by atoms with Gasteiger partial charge in [-0.1, -0.05) is 24.3 Å². The molecule has 0 saturated carbocycles. The number of H-pyrrole nitrogens is 1. The average Bonchev–Trinajstić information content (AvgIpc) is 3.62. The maximum Gasteiger partial charge on any atom is 0.180 e. The second kappa shape index (κ2) is 9.52. The molecule has 1 fully saturated rings. The van der Waals surface area contributed by atoms with Gasteiger partial charge in [0.05, 0.1) is 27.4 Å². The molecule has 1 aliphatic rings. The van der Waals surface area contributed by atoms with Crippen LogP contribution in [-0.4, -0.2) is 60.8 Å². The largest absolute Gasteiger partial charge is 0.366 e. The molecule has 0 amide bonds. The van der Waals surface area contributed by atoms with E-state index < -0.39 is 0 Å². The summed E-state index contributed by atoms with van der Waals surface area (Å²) in [5, 5.41) is 7.58. The van der Waals surface area contributed by atoms with Crippen molar-refractivity contribution in [2.75, 3.05) is 31.1 Å². The van der Waals surface area contributed by atoms with Crippen LogP contribution in [0.2, 0.25) is 0 Å². The number of imidazole rings is 1. The van der Waals surface area contributed by atoms with Crippen molar-refractivity contribution < 1.29 is 0 Å². The van der Waals surface area contributed by atoms with Crippen molar-refractivity contribution in [1.82, 2.24) is 34.6 Å². The summed E-state index contributed by atoms with van der Waals surface area (Å²) in [5.41, 5.74) is 6.24. The number of hydrogen-bond donors (Lipinski definition) is 1. The molecule has 0 spiro atoms. The lowest BCUT2D eigenvalue weighted by atomic mass is 10.1. The normalized spacial score (nSPS) is 14.7. The highest BCUT2D eigenvalue weighted by Crippen LogP contribution is 2.34. The summed E-state index contributed by atoms with van der Waals surface area (Å²) in [5.74, 6) is 0.829. The van der Waals surface area contributed by atoms with Crippen molar-refractivity contribution in [3.8, 4) is 11.4 Å². The lowest BCUT2D eigenvalue weighted by molar-refractivity contribution is 0.247. The molecule has 1 saturated heterocycles. The number of nitrogens with zero attached hydrogens (tertiary/aromatic N) is 7. The number of hydrogen-bond acceptors (Lipinski definition) is 7. The molecule has 0 unspecified atom stereocenters. The van der Waals surface area contributed by atoms with Crippen molar-refractivity contribution >= 4 is 44.1 Å². The van der Waals surface area contributed by atoms with Crippen LogP contribution in [0.15, 0.2) is 58.8 Å². The fraction of sp³-hybridized carbons (Fsp3) is 0.280. The number of aromatic amines is 1. The third kappa shape index (κ3) is 4.73. The van der Waals surface area contributed by atoms with E-state index in [0.29, 0.717) is 0 Å². The minimum absolute atomic E-state index is 0.735. The van der Waals surface area contributed by atoms with Gasteiger partial charge in [-0.3, -0.25) is 9.58 Å². The number of anilines is 1. The van der Waals surface area contributed by atoms with Crippen molar-refractivity contribution in [3.05, 3.63) is 75.0 Å². The molecule has 0 bridgehead atoms. The van der Waals surface area contributed by atoms with Crippen LogP contribution in [0.3, 0.4) is 0 Å². The Hall–Kier alpha value is -3.08. The van der Waals surface area contributed by atoms with Crippen LogP contribution >= 0.6 is 27.3 Å². The topological polar surface area (TPSA) is 78.8 Å². The number of pyridine rings is 1. The average molecular weight is 550 g/mol. The van der Waals surface area contributed by atoms with E-state index in [4.69, 9.17) is 4.98 Å². The highest BCUT2D eigenvalue weighted by atomic mass is 79.9. The summed E-state index contributed by atoms with van der Waals surface area (Å²) in [7, 11) is 0. The van der Waals surface area contributed by atoms with Gasteiger partial charge in [0, 0.05) is 62.3 Å². The lowest BCUT2D eigenvalue weighted by Crippen LogP contribution is -2.46. The smallest absolute Gasteiger partial charge is 0.180 e. The molecule has 0 radical (unpaired) electrons. The summed E-state index contributed by atoms with van der Waals surface area (Å²) < 4.78 is 2.90. The first kappa shape index (κ1) is 22.4. The third-order valence-electron chi connectivity index (χ3n) is 6.32. The number of aromatic nitrogens is 6. The highest BCUT2D eigenvalue weighted by Gasteiger charge is 2.23. The second-order valence-corrected chi connectivity index (χ2v) is 10.7. The number of fused-ring (bicyclic) bond motifs is 1. The number of rotatable bonds is 6. The molecule has 5 aromatic rings. The van der Waals surface area contributed by atoms with Gasteiger partial charge < -0.3 is 9.88 Å². The van der Waals surface area contributed by atoms with Gasteiger partial charge in [0.15, 0.2) is 5.65 Å². The van der Waals surface area contributed by atoms with Crippen LogP contribution in [0.4, 0.5) is 5.69 Å². The fourth-order valence-corrected chi connectivity index (χ4v) is 5.71. The van der Waals surface area contributed by atoms with Crippen molar-refractivity contribution in [2.24, 2.45) is 0 Å². The molecule has 0 atom stereocenters. The fourth-order valence-electron chi connectivity index (χ4n) is 4.56. The van der Waals surface area contributed by atoms with Gasteiger partial charge in [0.2, 0.25) is 0 Å². The first-order chi connectivity index (χ1) is 17.1. The Bertz CT molecular complexity index is 1430. The van der Waals surface area contributed by atoms with E-state index in [1.54, 1.807) is 17.5 Å². The molecule has 1 aliphatic heterocycles. The van der Waals surface area contributed by atoms with E-state index in [-0.39, 0.29) is 0 Å². The molecule has 178 valence electrons. The number of aryl methyl sites for hydroxylation is 1. The molecule has 8 nitrogen and oxygen atoms in total. The van der Waals surface area contributed by atoms with E-state index in [1.165, 1.54) is 11.3 Å². The third-order valence-corrected chi connectivity index (χ3v) is 7.72. The monoisotopic (exact) mass is 548 g/mol. The first-order valence-electron chi connectivity index (χ1n) is 11.6. The molecular formula is C25H25BrN8S.